The van der Waals surface area contributed by atoms with E-state index >= 15 is 0 Å². The first kappa shape index (κ1) is 15.0. The molecule has 0 radical (unpaired) electrons. The molecule has 1 aromatic heterocycles. The van der Waals surface area contributed by atoms with Gasteiger partial charge in [-0.3, -0.25) is 4.68 Å². The summed E-state index contributed by atoms with van der Waals surface area (Å²) in [5.74, 6) is -0.334. The Balaban J connectivity index is 1.91. The molecule has 0 aliphatic rings. The van der Waals surface area contributed by atoms with Gasteiger partial charge < -0.3 is 5.21 Å². The Morgan fingerprint density at radius 3 is 2.74 bits per heavy atom. The predicted octanol–water partition coefficient (Wildman–Crippen LogP) is 3.94. The summed E-state index contributed by atoms with van der Waals surface area (Å²) in [6, 6.07) is 14.6. The van der Waals surface area contributed by atoms with E-state index in [1.165, 1.54) is 6.07 Å². The molecular formula is C18H16FN3O. The number of hydrogen-bond acceptors (Lipinski definition) is 3. The van der Waals surface area contributed by atoms with Crippen molar-refractivity contribution in [3.63, 3.8) is 0 Å². The first-order valence-electron chi connectivity index (χ1n) is 7.22. The predicted molar refractivity (Wildman–Crippen MR) is 87.2 cm³/mol. The SMILES string of the molecule is C/C(=N\O)c1ccc(F)c(-c2cnn(Cc3ccccc3)c2)c1. The van der Waals surface area contributed by atoms with Gasteiger partial charge in [-0.2, -0.15) is 5.10 Å². The van der Waals surface area contributed by atoms with Crippen LogP contribution in [0.5, 0.6) is 0 Å². The number of nitrogens with zero attached hydrogens (tertiary/aromatic N) is 3. The van der Waals surface area contributed by atoms with Crippen LogP contribution in [0.15, 0.2) is 66.1 Å². The van der Waals surface area contributed by atoms with Crippen molar-refractivity contribution in [2.45, 2.75) is 13.5 Å². The maximum atomic E-state index is 14.1. The van der Waals surface area contributed by atoms with Gasteiger partial charge in [-0.1, -0.05) is 41.6 Å². The molecule has 1 N–H and O–H groups in total. The van der Waals surface area contributed by atoms with Gasteiger partial charge in [0.2, 0.25) is 0 Å². The fraction of sp³-hybridized carbons (Fsp3) is 0.111. The van der Waals surface area contributed by atoms with E-state index < -0.39 is 0 Å². The summed E-state index contributed by atoms with van der Waals surface area (Å²) in [7, 11) is 0. The smallest absolute Gasteiger partial charge is 0.131 e. The van der Waals surface area contributed by atoms with Crippen molar-refractivity contribution < 1.29 is 9.60 Å². The van der Waals surface area contributed by atoms with Gasteiger partial charge in [0.25, 0.3) is 0 Å². The fourth-order valence-corrected chi connectivity index (χ4v) is 2.39. The molecule has 0 saturated carbocycles. The fourth-order valence-electron chi connectivity index (χ4n) is 2.39. The minimum absolute atomic E-state index is 0.334. The summed E-state index contributed by atoms with van der Waals surface area (Å²) >= 11 is 0. The molecule has 0 unspecified atom stereocenters. The second-order valence-electron chi connectivity index (χ2n) is 5.29. The van der Waals surface area contributed by atoms with Crippen LogP contribution in [0.4, 0.5) is 4.39 Å². The zero-order chi connectivity index (χ0) is 16.2. The average molecular weight is 309 g/mol. The lowest BCUT2D eigenvalue weighted by molar-refractivity contribution is 0.319. The number of aromatic nitrogens is 2. The van der Waals surface area contributed by atoms with Crippen molar-refractivity contribution in [2.24, 2.45) is 5.16 Å². The Bertz CT molecular complexity index is 840. The highest BCUT2D eigenvalue weighted by molar-refractivity contribution is 5.99. The summed E-state index contributed by atoms with van der Waals surface area (Å²) in [5.41, 5.74) is 3.35. The topological polar surface area (TPSA) is 50.4 Å². The van der Waals surface area contributed by atoms with Gasteiger partial charge in [-0.25, -0.2) is 4.39 Å². The van der Waals surface area contributed by atoms with E-state index in [2.05, 4.69) is 10.3 Å². The first-order chi connectivity index (χ1) is 11.2. The van der Waals surface area contributed by atoms with E-state index in [1.807, 2.05) is 30.3 Å². The highest BCUT2D eigenvalue weighted by Crippen LogP contribution is 2.24. The lowest BCUT2D eigenvalue weighted by Gasteiger charge is -2.04. The lowest BCUT2D eigenvalue weighted by Crippen LogP contribution is -1.99. The Labute approximate surface area is 133 Å². The van der Waals surface area contributed by atoms with E-state index in [4.69, 9.17) is 5.21 Å². The van der Waals surface area contributed by atoms with Crippen molar-refractivity contribution >= 4 is 5.71 Å². The van der Waals surface area contributed by atoms with Crippen molar-refractivity contribution in [3.8, 4) is 11.1 Å². The van der Waals surface area contributed by atoms with Crippen molar-refractivity contribution in [3.05, 3.63) is 77.9 Å². The average Bonchev–Trinajstić information content (AvgIpc) is 3.03. The lowest BCUT2D eigenvalue weighted by atomic mass is 10.0. The number of hydrogen-bond donors (Lipinski definition) is 1. The number of rotatable bonds is 4. The molecule has 2 aromatic carbocycles. The molecule has 0 spiro atoms. The molecule has 116 valence electrons. The van der Waals surface area contributed by atoms with Crippen LogP contribution in [0, 0.1) is 5.82 Å². The van der Waals surface area contributed by atoms with Gasteiger partial charge in [0.15, 0.2) is 0 Å². The zero-order valence-corrected chi connectivity index (χ0v) is 12.6. The summed E-state index contributed by atoms with van der Waals surface area (Å²) < 4.78 is 15.9. The van der Waals surface area contributed by atoms with E-state index in [9.17, 15) is 4.39 Å². The molecule has 0 saturated heterocycles. The molecule has 0 atom stereocenters. The third-order valence-corrected chi connectivity index (χ3v) is 3.67. The van der Waals surface area contributed by atoms with Crippen molar-refractivity contribution in [2.75, 3.05) is 0 Å². The second kappa shape index (κ2) is 6.44. The van der Waals surface area contributed by atoms with Crippen LogP contribution in [0.25, 0.3) is 11.1 Å². The monoisotopic (exact) mass is 309 g/mol. The Hall–Kier alpha value is -2.95. The van der Waals surface area contributed by atoms with Gasteiger partial charge in [0.1, 0.15) is 5.82 Å². The maximum Gasteiger partial charge on any atom is 0.131 e. The molecule has 0 aliphatic heterocycles. The molecule has 0 amide bonds. The molecule has 0 aliphatic carbocycles. The number of halogens is 1. The van der Waals surface area contributed by atoms with Crippen LogP contribution in [-0.4, -0.2) is 20.7 Å². The minimum Gasteiger partial charge on any atom is -0.411 e. The standard InChI is InChI=1S/C18H16FN3O/c1-13(21-23)15-7-8-18(19)17(9-15)16-10-20-22(12-16)11-14-5-3-2-4-6-14/h2-10,12,23H,11H2,1H3/b21-13+. The molecule has 4 nitrogen and oxygen atoms in total. The molecule has 1 heterocycles. The molecular weight excluding hydrogens is 293 g/mol. The van der Waals surface area contributed by atoms with E-state index in [0.29, 0.717) is 28.9 Å². The largest absolute Gasteiger partial charge is 0.411 e. The highest BCUT2D eigenvalue weighted by atomic mass is 19.1. The summed E-state index contributed by atoms with van der Waals surface area (Å²) in [5, 5.41) is 16.3. The van der Waals surface area contributed by atoms with Crippen molar-refractivity contribution in [1.29, 1.82) is 0 Å². The summed E-state index contributed by atoms with van der Waals surface area (Å²) in [6.07, 6.45) is 3.44. The zero-order valence-electron chi connectivity index (χ0n) is 12.6. The van der Waals surface area contributed by atoms with Gasteiger partial charge >= 0.3 is 0 Å². The third kappa shape index (κ3) is 3.29. The van der Waals surface area contributed by atoms with Gasteiger partial charge in [0, 0.05) is 17.3 Å². The van der Waals surface area contributed by atoms with Gasteiger partial charge in [-0.05, 0) is 30.2 Å². The summed E-state index contributed by atoms with van der Waals surface area (Å²) in [6.45, 7) is 2.29. The van der Waals surface area contributed by atoms with Crippen LogP contribution >= 0.6 is 0 Å². The van der Waals surface area contributed by atoms with Crippen LogP contribution in [0.1, 0.15) is 18.1 Å². The Morgan fingerprint density at radius 2 is 2.00 bits per heavy atom. The number of benzene rings is 2. The molecule has 23 heavy (non-hydrogen) atoms. The van der Waals surface area contributed by atoms with Gasteiger partial charge in [0.05, 0.1) is 18.5 Å². The maximum absolute atomic E-state index is 14.1. The minimum atomic E-state index is -0.334. The third-order valence-electron chi connectivity index (χ3n) is 3.67. The van der Waals surface area contributed by atoms with E-state index in [-0.39, 0.29) is 5.82 Å². The highest BCUT2D eigenvalue weighted by Gasteiger charge is 2.10. The van der Waals surface area contributed by atoms with Gasteiger partial charge in [-0.15, -0.1) is 0 Å². The number of oxime groups is 1. The normalized spacial score (nSPS) is 11.7. The Morgan fingerprint density at radius 1 is 1.22 bits per heavy atom. The molecule has 3 rings (SSSR count). The van der Waals surface area contributed by atoms with Crippen LogP contribution in [0.2, 0.25) is 0 Å². The van der Waals surface area contributed by atoms with Crippen LogP contribution < -0.4 is 0 Å². The van der Waals surface area contributed by atoms with E-state index in [1.54, 1.807) is 36.1 Å². The molecule has 0 fully saturated rings. The Kier molecular flexibility index (Phi) is 4.19. The first-order valence-corrected chi connectivity index (χ1v) is 7.22. The van der Waals surface area contributed by atoms with Crippen LogP contribution in [-0.2, 0) is 6.54 Å². The second-order valence-corrected chi connectivity index (χ2v) is 5.29. The summed E-state index contributed by atoms with van der Waals surface area (Å²) in [4.78, 5) is 0. The quantitative estimate of drug-likeness (QED) is 0.451. The van der Waals surface area contributed by atoms with E-state index in [0.717, 1.165) is 5.56 Å². The molecule has 0 bridgehead atoms. The molecule has 3 aromatic rings. The van der Waals surface area contributed by atoms with Crippen molar-refractivity contribution in [1.82, 2.24) is 9.78 Å². The molecule has 5 heteroatoms. The van der Waals surface area contributed by atoms with Crippen LogP contribution in [0.3, 0.4) is 0 Å².